The van der Waals surface area contributed by atoms with Crippen LogP contribution in [0.15, 0.2) is 39.9 Å². The predicted molar refractivity (Wildman–Crippen MR) is 64.9 cm³/mol. The van der Waals surface area contributed by atoms with Crippen molar-refractivity contribution < 1.29 is 9.52 Å². The van der Waals surface area contributed by atoms with Crippen LogP contribution in [0.2, 0.25) is 0 Å². The minimum absolute atomic E-state index is 0.227. The van der Waals surface area contributed by atoms with Crippen molar-refractivity contribution in [1.82, 2.24) is 9.99 Å². The Hall–Kier alpha value is -2.30. The maximum absolute atomic E-state index is 9.57. The van der Waals surface area contributed by atoms with Gasteiger partial charge in [-0.3, -0.25) is 0 Å². The van der Waals surface area contributed by atoms with Gasteiger partial charge in [-0.1, -0.05) is 18.2 Å². The minimum Gasteiger partial charge on any atom is -0.479 e. The number of hydrogen-bond acceptors (Lipinski definition) is 5. The maximum atomic E-state index is 9.57. The van der Waals surface area contributed by atoms with E-state index in [1.54, 1.807) is 19.1 Å². The van der Waals surface area contributed by atoms with E-state index in [0.717, 1.165) is 5.56 Å². The number of benzene rings is 1. The summed E-state index contributed by atoms with van der Waals surface area (Å²) in [6, 6.07) is 9.38. The molecule has 0 radical (unpaired) electrons. The fourth-order valence-electron chi connectivity index (χ4n) is 1.28. The van der Waals surface area contributed by atoms with Crippen LogP contribution in [0.5, 0.6) is 5.95 Å². The zero-order valence-corrected chi connectivity index (χ0v) is 9.66. The summed E-state index contributed by atoms with van der Waals surface area (Å²) in [5, 5.41) is 15.2. The third kappa shape index (κ3) is 2.63. The van der Waals surface area contributed by atoms with Gasteiger partial charge in [-0.25, -0.2) is 4.98 Å². The highest BCUT2D eigenvalue weighted by molar-refractivity contribution is 5.80. The molecule has 0 bridgehead atoms. The van der Waals surface area contributed by atoms with Crippen molar-refractivity contribution in [3.8, 4) is 17.4 Å². The molecule has 1 N–H and O–H groups in total. The molecule has 1 aromatic carbocycles. The number of aromatic nitrogens is 1. The SMILES string of the molecule is CN(C)/N=C/c1nc(-c2ccccc2)oc1O. The fourth-order valence-corrected chi connectivity index (χ4v) is 1.28. The van der Waals surface area contributed by atoms with Crippen LogP contribution in [0.3, 0.4) is 0 Å². The molecule has 0 aliphatic rings. The van der Waals surface area contributed by atoms with E-state index in [1.807, 2.05) is 30.3 Å². The molecule has 2 aromatic rings. The molecular formula is C12H13N3O2. The lowest BCUT2D eigenvalue weighted by Gasteiger charge is -2.00. The van der Waals surface area contributed by atoms with Crippen molar-refractivity contribution in [2.75, 3.05) is 14.1 Å². The zero-order valence-electron chi connectivity index (χ0n) is 9.66. The lowest BCUT2D eigenvalue weighted by molar-refractivity contribution is 0.336. The Morgan fingerprint density at radius 2 is 2.00 bits per heavy atom. The molecule has 0 spiro atoms. The highest BCUT2D eigenvalue weighted by atomic mass is 16.5. The standard InChI is InChI=1S/C12H13N3O2/c1-15(2)13-8-10-12(16)17-11(14-10)9-6-4-3-5-7-9/h3-8,16H,1-2H3/b13-8+. The van der Waals surface area contributed by atoms with Crippen molar-refractivity contribution >= 4 is 6.21 Å². The van der Waals surface area contributed by atoms with Gasteiger partial charge in [0.1, 0.15) is 0 Å². The summed E-state index contributed by atoms with van der Waals surface area (Å²) in [5.41, 5.74) is 1.13. The summed E-state index contributed by atoms with van der Waals surface area (Å²) in [4.78, 5) is 4.16. The number of hydrazone groups is 1. The van der Waals surface area contributed by atoms with Gasteiger partial charge in [0.2, 0.25) is 5.89 Å². The summed E-state index contributed by atoms with van der Waals surface area (Å²) in [7, 11) is 3.57. The Morgan fingerprint density at radius 3 is 2.65 bits per heavy atom. The Morgan fingerprint density at radius 1 is 1.29 bits per heavy atom. The van der Waals surface area contributed by atoms with E-state index in [0.29, 0.717) is 11.6 Å². The van der Waals surface area contributed by atoms with Gasteiger partial charge in [0.05, 0.1) is 6.21 Å². The highest BCUT2D eigenvalue weighted by Gasteiger charge is 2.11. The van der Waals surface area contributed by atoms with Gasteiger partial charge >= 0.3 is 5.95 Å². The van der Waals surface area contributed by atoms with Gasteiger partial charge in [0.25, 0.3) is 0 Å². The molecule has 1 heterocycles. The maximum Gasteiger partial charge on any atom is 0.312 e. The van der Waals surface area contributed by atoms with E-state index >= 15 is 0 Å². The smallest absolute Gasteiger partial charge is 0.312 e. The molecule has 5 nitrogen and oxygen atoms in total. The average Bonchev–Trinajstić information content (AvgIpc) is 2.69. The summed E-state index contributed by atoms with van der Waals surface area (Å²) in [6.07, 6.45) is 1.45. The van der Waals surface area contributed by atoms with E-state index in [4.69, 9.17) is 4.42 Å². The molecule has 0 unspecified atom stereocenters. The van der Waals surface area contributed by atoms with Crippen molar-refractivity contribution in [1.29, 1.82) is 0 Å². The molecule has 0 saturated carbocycles. The van der Waals surface area contributed by atoms with Crippen LogP contribution in [0, 0.1) is 0 Å². The molecule has 2 rings (SSSR count). The first-order chi connectivity index (χ1) is 8.16. The summed E-state index contributed by atoms with van der Waals surface area (Å²) >= 11 is 0. The second-order valence-electron chi connectivity index (χ2n) is 3.67. The Kier molecular flexibility index (Phi) is 3.09. The molecule has 1 aromatic heterocycles. The fraction of sp³-hybridized carbons (Fsp3) is 0.167. The first-order valence-electron chi connectivity index (χ1n) is 5.13. The predicted octanol–water partition coefficient (Wildman–Crippen LogP) is 1.94. The molecule has 0 saturated heterocycles. The summed E-state index contributed by atoms with van der Waals surface area (Å²) in [5.74, 6) is 0.151. The number of hydrogen-bond donors (Lipinski definition) is 1. The number of aromatic hydroxyl groups is 1. The summed E-state index contributed by atoms with van der Waals surface area (Å²) < 4.78 is 5.17. The zero-order chi connectivity index (χ0) is 12.3. The first kappa shape index (κ1) is 11.2. The van der Waals surface area contributed by atoms with Crippen molar-refractivity contribution in [3.05, 3.63) is 36.0 Å². The molecule has 88 valence electrons. The number of oxazole rings is 1. The van der Waals surface area contributed by atoms with E-state index in [2.05, 4.69) is 10.1 Å². The second kappa shape index (κ2) is 4.69. The van der Waals surface area contributed by atoms with Gasteiger partial charge in [0.15, 0.2) is 5.69 Å². The third-order valence-corrected chi connectivity index (χ3v) is 2.07. The molecule has 0 amide bonds. The van der Waals surface area contributed by atoms with Crippen LogP contribution in [-0.4, -0.2) is 35.4 Å². The van der Waals surface area contributed by atoms with Gasteiger partial charge in [-0.2, -0.15) is 5.10 Å². The monoisotopic (exact) mass is 231 g/mol. The largest absolute Gasteiger partial charge is 0.479 e. The van der Waals surface area contributed by atoms with E-state index < -0.39 is 0 Å². The summed E-state index contributed by atoms with van der Waals surface area (Å²) in [6.45, 7) is 0. The van der Waals surface area contributed by atoms with E-state index in [1.165, 1.54) is 6.21 Å². The highest BCUT2D eigenvalue weighted by Crippen LogP contribution is 2.24. The molecule has 0 atom stereocenters. The van der Waals surface area contributed by atoms with Gasteiger partial charge in [-0.15, -0.1) is 0 Å². The van der Waals surface area contributed by atoms with Crippen LogP contribution >= 0.6 is 0 Å². The Bertz CT molecular complexity index is 518. The molecule has 17 heavy (non-hydrogen) atoms. The molecular weight excluding hydrogens is 218 g/mol. The number of rotatable bonds is 3. The number of nitrogens with zero attached hydrogens (tertiary/aromatic N) is 3. The van der Waals surface area contributed by atoms with E-state index in [-0.39, 0.29) is 5.95 Å². The van der Waals surface area contributed by atoms with Crippen LogP contribution in [0.25, 0.3) is 11.5 Å². The quantitative estimate of drug-likeness (QED) is 0.647. The van der Waals surface area contributed by atoms with Gasteiger partial charge in [0, 0.05) is 19.7 Å². The van der Waals surface area contributed by atoms with Gasteiger partial charge in [-0.05, 0) is 12.1 Å². The average molecular weight is 231 g/mol. The van der Waals surface area contributed by atoms with Crippen LogP contribution in [0.4, 0.5) is 0 Å². The second-order valence-corrected chi connectivity index (χ2v) is 3.67. The normalized spacial score (nSPS) is 10.9. The minimum atomic E-state index is -0.227. The molecule has 0 aliphatic carbocycles. The molecule has 0 fully saturated rings. The Balaban J connectivity index is 2.31. The molecule has 0 aliphatic heterocycles. The van der Waals surface area contributed by atoms with Crippen LogP contribution in [-0.2, 0) is 0 Å². The van der Waals surface area contributed by atoms with E-state index in [9.17, 15) is 5.11 Å². The van der Waals surface area contributed by atoms with Crippen molar-refractivity contribution in [2.24, 2.45) is 5.10 Å². The topological polar surface area (TPSA) is 61.9 Å². The van der Waals surface area contributed by atoms with Crippen molar-refractivity contribution in [3.63, 3.8) is 0 Å². The Labute approximate surface area is 99.0 Å². The van der Waals surface area contributed by atoms with Crippen LogP contribution in [0.1, 0.15) is 5.69 Å². The lowest BCUT2D eigenvalue weighted by Crippen LogP contribution is -2.02. The lowest BCUT2D eigenvalue weighted by atomic mass is 10.2. The van der Waals surface area contributed by atoms with Crippen molar-refractivity contribution in [2.45, 2.75) is 0 Å². The third-order valence-electron chi connectivity index (χ3n) is 2.07. The van der Waals surface area contributed by atoms with Crippen LogP contribution < -0.4 is 0 Å². The molecule has 5 heteroatoms. The first-order valence-corrected chi connectivity index (χ1v) is 5.13. The van der Waals surface area contributed by atoms with Gasteiger partial charge < -0.3 is 14.5 Å².